The molecule has 1 aromatic carbocycles. The number of methoxy groups -OCH3 is 1. The molecular weight excluding hydrogens is 292 g/mol. The molecule has 122 valence electrons. The van der Waals surface area contributed by atoms with Gasteiger partial charge in [0, 0.05) is 12.6 Å². The molecule has 1 aliphatic rings. The van der Waals surface area contributed by atoms with Crippen LogP contribution in [0.1, 0.15) is 26.2 Å². The van der Waals surface area contributed by atoms with Crippen LogP contribution >= 0.6 is 0 Å². The predicted molar refractivity (Wildman–Crippen MR) is 90.2 cm³/mol. The molecule has 1 unspecified atom stereocenters. The highest BCUT2D eigenvalue weighted by molar-refractivity contribution is 5.69. The maximum Gasteiger partial charge on any atom is 0.248 e. The summed E-state index contributed by atoms with van der Waals surface area (Å²) >= 11 is 0. The first-order valence-corrected chi connectivity index (χ1v) is 7.88. The second kappa shape index (κ2) is 6.73. The minimum absolute atomic E-state index is 0.359. The lowest BCUT2D eigenvalue weighted by Gasteiger charge is -2.35. The van der Waals surface area contributed by atoms with Crippen molar-refractivity contribution in [3.63, 3.8) is 0 Å². The number of nitrogen functional groups attached to an aromatic ring is 1. The third-order valence-electron chi connectivity index (χ3n) is 4.18. The zero-order valence-corrected chi connectivity index (χ0v) is 13.5. The van der Waals surface area contributed by atoms with Crippen molar-refractivity contribution in [3.05, 3.63) is 30.6 Å². The van der Waals surface area contributed by atoms with Crippen LogP contribution in [0.15, 0.2) is 30.6 Å². The molecule has 0 bridgehead atoms. The number of rotatable bonds is 4. The molecule has 0 spiro atoms. The van der Waals surface area contributed by atoms with Crippen molar-refractivity contribution in [2.75, 3.05) is 24.3 Å². The van der Waals surface area contributed by atoms with Gasteiger partial charge in [-0.1, -0.05) is 12.1 Å². The predicted octanol–water partition coefficient (Wildman–Crippen LogP) is 3.24. The van der Waals surface area contributed by atoms with E-state index in [1.54, 1.807) is 7.11 Å². The van der Waals surface area contributed by atoms with E-state index in [9.17, 15) is 0 Å². The van der Waals surface area contributed by atoms with Crippen molar-refractivity contribution < 1.29 is 9.47 Å². The molecule has 0 radical (unpaired) electrons. The molecule has 2 heterocycles. The number of hydrogen-bond acceptors (Lipinski definition) is 6. The highest BCUT2D eigenvalue weighted by atomic mass is 16.5. The van der Waals surface area contributed by atoms with Crippen LogP contribution in [0.5, 0.6) is 17.4 Å². The van der Waals surface area contributed by atoms with Crippen LogP contribution in [-0.4, -0.2) is 29.7 Å². The minimum atomic E-state index is 0.359. The molecule has 1 aliphatic heterocycles. The number of aromatic nitrogens is 2. The average Bonchev–Trinajstić information content (AvgIpc) is 2.58. The summed E-state index contributed by atoms with van der Waals surface area (Å²) in [5, 5.41) is 0. The molecule has 2 N–H and O–H groups in total. The number of hydrogen-bond donors (Lipinski definition) is 1. The van der Waals surface area contributed by atoms with Crippen LogP contribution in [0.25, 0.3) is 0 Å². The Balaban J connectivity index is 1.90. The smallest absolute Gasteiger partial charge is 0.248 e. The number of benzene rings is 1. The maximum absolute atomic E-state index is 6.28. The average molecular weight is 314 g/mol. The molecule has 1 saturated heterocycles. The molecule has 1 fully saturated rings. The van der Waals surface area contributed by atoms with E-state index in [4.69, 9.17) is 15.2 Å². The lowest BCUT2D eigenvalue weighted by molar-refractivity contribution is 0.374. The van der Waals surface area contributed by atoms with Gasteiger partial charge in [-0.2, -0.15) is 4.98 Å². The van der Waals surface area contributed by atoms with Gasteiger partial charge in [0.1, 0.15) is 12.0 Å². The van der Waals surface area contributed by atoms with Crippen LogP contribution in [0, 0.1) is 0 Å². The molecule has 0 aliphatic carbocycles. The van der Waals surface area contributed by atoms with Gasteiger partial charge in [0.05, 0.1) is 7.11 Å². The van der Waals surface area contributed by atoms with E-state index in [1.807, 2.05) is 24.3 Å². The monoisotopic (exact) mass is 314 g/mol. The van der Waals surface area contributed by atoms with Crippen molar-refractivity contribution in [3.8, 4) is 17.4 Å². The van der Waals surface area contributed by atoms with Gasteiger partial charge in [-0.25, -0.2) is 4.98 Å². The van der Waals surface area contributed by atoms with E-state index in [1.165, 1.54) is 12.7 Å². The van der Waals surface area contributed by atoms with Gasteiger partial charge in [0.25, 0.3) is 0 Å². The van der Waals surface area contributed by atoms with Crippen molar-refractivity contribution in [1.29, 1.82) is 0 Å². The van der Waals surface area contributed by atoms with Gasteiger partial charge < -0.3 is 20.1 Å². The third kappa shape index (κ3) is 3.16. The molecule has 6 nitrogen and oxygen atoms in total. The molecule has 23 heavy (non-hydrogen) atoms. The second-order valence-electron chi connectivity index (χ2n) is 5.71. The van der Waals surface area contributed by atoms with Crippen LogP contribution in [0.2, 0.25) is 0 Å². The summed E-state index contributed by atoms with van der Waals surface area (Å²) in [5.41, 5.74) is 6.75. The molecule has 1 atom stereocenters. The molecule has 0 saturated carbocycles. The lowest BCUT2D eigenvalue weighted by Crippen LogP contribution is -2.38. The van der Waals surface area contributed by atoms with E-state index in [-0.39, 0.29) is 0 Å². The number of anilines is 2. The van der Waals surface area contributed by atoms with Crippen molar-refractivity contribution in [2.24, 2.45) is 0 Å². The standard InChI is InChI=1S/C17H22N4O2/c1-12-7-5-6-10-21(12)16-15(18)17(20-11-19-16)23-14-9-4-3-8-13(14)22-2/h3-4,8-9,11-12H,5-7,10,18H2,1-2H3. The lowest BCUT2D eigenvalue weighted by atomic mass is 10.0. The van der Waals surface area contributed by atoms with Gasteiger partial charge in [-0.05, 0) is 38.3 Å². The normalized spacial score (nSPS) is 17.8. The van der Waals surface area contributed by atoms with Gasteiger partial charge in [0.15, 0.2) is 17.3 Å². The van der Waals surface area contributed by atoms with Crippen molar-refractivity contribution >= 4 is 11.5 Å². The number of nitrogens with zero attached hydrogens (tertiary/aromatic N) is 3. The Morgan fingerprint density at radius 3 is 2.70 bits per heavy atom. The first-order chi connectivity index (χ1) is 11.2. The second-order valence-corrected chi connectivity index (χ2v) is 5.71. The van der Waals surface area contributed by atoms with Crippen molar-refractivity contribution in [1.82, 2.24) is 9.97 Å². The summed E-state index contributed by atoms with van der Waals surface area (Å²) in [6, 6.07) is 7.84. The third-order valence-corrected chi connectivity index (χ3v) is 4.18. The number of ether oxygens (including phenoxy) is 2. The van der Waals surface area contributed by atoms with Gasteiger partial charge in [-0.15, -0.1) is 0 Å². The zero-order chi connectivity index (χ0) is 16.2. The summed E-state index contributed by atoms with van der Waals surface area (Å²) in [4.78, 5) is 10.8. The summed E-state index contributed by atoms with van der Waals surface area (Å²) in [6.07, 6.45) is 5.04. The molecule has 0 amide bonds. The number of nitrogens with two attached hydrogens (primary N) is 1. The number of para-hydroxylation sites is 2. The maximum atomic E-state index is 6.28. The van der Waals surface area contributed by atoms with E-state index in [0.717, 1.165) is 25.2 Å². The summed E-state index contributed by atoms with van der Waals surface area (Å²) < 4.78 is 11.2. The van der Waals surface area contributed by atoms with Gasteiger partial charge in [-0.3, -0.25) is 0 Å². The van der Waals surface area contributed by atoms with Gasteiger partial charge in [0.2, 0.25) is 5.88 Å². The van der Waals surface area contributed by atoms with E-state index < -0.39 is 0 Å². The fraction of sp³-hybridized carbons (Fsp3) is 0.412. The SMILES string of the molecule is COc1ccccc1Oc1ncnc(N2CCCCC2C)c1N. The highest BCUT2D eigenvalue weighted by Crippen LogP contribution is 2.36. The largest absolute Gasteiger partial charge is 0.493 e. The van der Waals surface area contributed by atoms with Crippen LogP contribution < -0.4 is 20.1 Å². The Labute approximate surface area is 136 Å². The fourth-order valence-corrected chi connectivity index (χ4v) is 2.90. The summed E-state index contributed by atoms with van der Waals surface area (Å²) in [5.74, 6) is 2.32. The molecular formula is C17H22N4O2. The van der Waals surface area contributed by atoms with Crippen LogP contribution in [-0.2, 0) is 0 Å². The number of piperidine rings is 1. The molecule has 2 aromatic rings. The van der Waals surface area contributed by atoms with Crippen LogP contribution in [0.3, 0.4) is 0 Å². The first kappa shape index (κ1) is 15.4. The van der Waals surface area contributed by atoms with E-state index in [0.29, 0.717) is 29.1 Å². The Bertz CT molecular complexity index is 677. The van der Waals surface area contributed by atoms with E-state index >= 15 is 0 Å². The first-order valence-electron chi connectivity index (χ1n) is 7.88. The van der Waals surface area contributed by atoms with Crippen LogP contribution in [0.4, 0.5) is 11.5 Å². The summed E-state index contributed by atoms with van der Waals surface area (Å²) in [6.45, 7) is 3.15. The molecule has 3 rings (SSSR count). The molecule has 6 heteroatoms. The topological polar surface area (TPSA) is 73.5 Å². The summed E-state index contributed by atoms with van der Waals surface area (Å²) in [7, 11) is 1.60. The zero-order valence-electron chi connectivity index (χ0n) is 13.5. The Hall–Kier alpha value is -2.50. The highest BCUT2D eigenvalue weighted by Gasteiger charge is 2.23. The van der Waals surface area contributed by atoms with E-state index in [2.05, 4.69) is 21.8 Å². The fourth-order valence-electron chi connectivity index (χ4n) is 2.90. The Kier molecular flexibility index (Phi) is 4.50. The Morgan fingerprint density at radius 2 is 1.96 bits per heavy atom. The quantitative estimate of drug-likeness (QED) is 0.934. The van der Waals surface area contributed by atoms with Crippen molar-refractivity contribution in [2.45, 2.75) is 32.2 Å². The molecule has 1 aromatic heterocycles. The van der Waals surface area contributed by atoms with Gasteiger partial charge >= 0.3 is 0 Å². The Morgan fingerprint density at radius 1 is 1.17 bits per heavy atom. The minimum Gasteiger partial charge on any atom is -0.493 e.